The molecule has 2 heterocycles. The van der Waals surface area contributed by atoms with E-state index in [4.69, 9.17) is 9.47 Å². The first-order valence-corrected chi connectivity index (χ1v) is 8.66. The normalized spacial score (nSPS) is 11.1. The predicted octanol–water partition coefficient (Wildman–Crippen LogP) is 2.04. The van der Waals surface area contributed by atoms with Crippen molar-refractivity contribution in [1.29, 1.82) is 0 Å². The van der Waals surface area contributed by atoms with Crippen LogP contribution in [-0.2, 0) is 9.53 Å². The zero-order valence-corrected chi connectivity index (χ0v) is 16.8. The van der Waals surface area contributed by atoms with Crippen LogP contribution < -0.4 is 20.1 Å². The highest BCUT2D eigenvalue weighted by molar-refractivity contribution is 5.70. The first kappa shape index (κ1) is 21.1. The molecule has 2 N–H and O–H groups in total. The van der Waals surface area contributed by atoms with Gasteiger partial charge in [0.1, 0.15) is 0 Å². The number of carbonyl (C=O) groups is 1. The Hall–Kier alpha value is -3.24. The molecule has 0 aliphatic rings. The van der Waals surface area contributed by atoms with Crippen LogP contribution in [0.15, 0.2) is 12.1 Å². The van der Waals surface area contributed by atoms with Gasteiger partial charge in [-0.3, -0.25) is 0 Å². The molecule has 0 saturated heterocycles. The predicted molar refractivity (Wildman–Crippen MR) is 102 cm³/mol. The number of aromatic nitrogens is 5. The van der Waals surface area contributed by atoms with E-state index in [0.29, 0.717) is 11.9 Å². The van der Waals surface area contributed by atoms with Crippen LogP contribution in [0.25, 0.3) is 0 Å². The Kier molecular flexibility index (Phi) is 6.85. The molecule has 0 aliphatic carbocycles. The molecule has 0 saturated carbocycles. The van der Waals surface area contributed by atoms with Crippen molar-refractivity contribution >= 4 is 17.9 Å². The third kappa shape index (κ3) is 7.17. The van der Waals surface area contributed by atoms with E-state index in [1.165, 1.54) is 19.2 Å². The Morgan fingerprint density at radius 2 is 1.71 bits per heavy atom. The monoisotopic (exact) mass is 391 g/mol. The maximum atomic E-state index is 11.1. The molecule has 0 spiro atoms. The number of anilines is 2. The van der Waals surface area contributed by atoms with Crippen molar-refractivity contribution in [1.82, 2.24) is 25.1 Å². The summed E-state index contributed by atoms with van der Waals surface area (Å²) in [5.74, 6) is 0.542. The molecule has 11 heteroatoms. The van der Waals surface area contributed by atoms with Crippen molar-refractivity contribution in [2.24, 2.45) is 0 Å². The van der Waals surface area contributed by atoms with Crippen molar-refractivity contribution in [3.63, 3.8) is 0 Å². The summed E-state index contributed by atoms with van der Waals surface area (Å²) in [6.07, 6.45) is 0. The van der Waals surface area contributed by atoms with E-state index in [1.807, 2.05) is 34.6 Å². The summed E-state index contributed by atoms with van der Waals surface area (Å²) in [4.78, 5) is 23.9. The van der Waals surface area contributed by atoms with Crippen LogP contribution in [0.1, 0.15) is 34.6 Å². The second-order valence-electron chi connectivity index (χ2n) is 7.12. The smallest absolute Gasteiger partial charge is 0.343 e. The number of nitrogens with one attached hydrogen (secondary N) is 2. The Morgan fingerprint density at radius 3 is 2.29 bits per heavy atom. The van der Waals surface area contributed by atoms with Crippen molar-refractivity contribution in [3.8, 4) is 17.8 Å². The van der Waals surface area contributed by atoms with Crippen LogP contribution in [0.5, 0.6) is 17.8 Å². The van der Waals surface area contributed by atoms with E-state index < -0.39 is 5.97 Å². The number of ether oxygens (including phenoxy) is 3. The molecule has 152 valence electrons. The third-order valence-corrected chi connectivity index (χ3v) is 2.90. The second-order valence-corrected chi connectivity index (χ2v) is 7.12. The average Bonchev–Trinajstić information content (AvgIpc) is 2.58. The van der Waals surface area contributed by atoms with E-state index in [-0.39, 0.29) is 36.0 Å². The lowest BCUT2D eigenvalue weighted by molar-refractivity contribution is -0.143. The Balaban J connectivity index is 2.14. The van der Waals surface area contributed by atoms with Crippen LogP contribution in [0.2, 0.25) is 0 Å². The largest absolute Gasteiger partial charge is 0.466 e. The van der Waals surface area contributed by atoms with Crippen LogP contribution in [0, 0.1) is 0 Å². The fraction of sp³-hybridized carbons (Fsp3) is 0.529. The summed E-state index contributed by atoms with van der Waals surface area (Å²) in [6, 6.07) is 3.22. The SMILES string of the molecule is COC(=O)COc1ccc(Oc2nc(NC(C)C)nc(NC(C)(C)C)n2)nn1. The molecule has 0 bridgehead atoms. The fourth-order valence-electron chi connectivity index (χ4n) is 1.84. The molecule has 11 nitrogen and oxygen atoms in total. The number of hydrogen-bond donors (Lipinski definition) is 2. The molecule has 0 fully saturated rings. The maximum absolute atomic E-state index is 11.1. The van der Waals surface area contributed by atoms with Gasteiger partial charge in [0.2, 0.25) is 23.7 Å². The van der Waals surface area contributed by atoms with Gasteiger partial charge in [-0.1, -0.05) is 0 Å². The Bertz CT molecular complexity index is 791. The average molecular weight is 391 g/mol. The van der Waals surface area contributed by atoms with Gasteiger partial charge in [-0.25, -0.2) is 4.79 Å². The number of nitrogens with zero attached hydrogens (tertiary/aromatic N) is 5. The summed E-state index contributed by atoms with van der Waals surface area (Å²) in [7, 11) is 1.27. The maximum Gasteiger partial charge on any atom is 0.343 e. The van der Waals surface area contributed by atoms with E-state index >= 15 is 0 Å². The van der Waals surface area contributed by atoms with Gasteiger partial charge in [0, 0.05) is 23.7 Å². The lowest BCUT2D eigenvalue weighted by Gasteiger charge is -2.21. The minimum absolute atomic E-state index is 0.0578. The fourth-order valence-corrected chi connectivity index (χ4v) is 1.84. The molecular formula is C17H25N7O4. The highest BCUT2D eigenvalue weighted by atomic mass is 16.6. The number of hydrogen-bond acceptors (Lipinski definition) is 11. The first-order chi connectivity index (χ1) is 13.1. The van der Waals surface area contributed by atoms with Gasteiger partial charge in [-0.15, -0.1) is 10.2 Å². The number of carbonyl (C=O) groups excluding carboxylic acids is 1. The zero-order chi connectivity index (χ0) is 20.7. The number of rotatable bonds is 8. The van der Waals surface area contributed by atoms with Crippen LogP contribution in [-0.4, -0.2) is 56.4 Å². The highest BCUT2D eigenvalue weighted by Gasteiger charge is 2.16. The van der Waals surface area contributed by atoms with Gasteiger partial charge in [0.15, 0.2) is 6.61 Å². The van der Waals surface area contributed by atoms with Crippen LogP contribution in [0.3, 0.4) is 0 Å². The summed E-state index contributed by atoms with van der Waals surface area (Å²) in [5, 5.41) is 14.0. The molecule has 0 amide bonds. The van der Waals surface area contributed by atoms with Crippen molar-refractivity contribution in [2.75, 3.05) is 24.4 Å². The second kappa shape index (κ2) is 9.11. The minimum atomic E-state index is -0.517. The quantitative estimate of drug-likeness (QED) is 0.640. The molecule has 2 aromatic rings. The van der Waals surface area contributed by atoms with Gasteiger partial charge >= 0.3 is 12.0 Å². The van der Waals surface area contributed by atoms with E-state index in [1.54, 1.807) is 0 Å². The molecule has 2 aromatic heterocycles. The zero-order valence-electron chi connectivity index (χ0n) is 16.8. The lowest BCUT2D eigenvalue weighted by Crippen LogP contribution is -2.28. The van der Waals surface area contributed by atoms with Crippen LogP contribution in [0.4, 0.5) is 11.9 Å². The van der Waals surface area contributed by atoms with Gasteiger partial charge in [0.05, 0.1) is 7.11 Å². The highest BCUT2D eigenvalue weighted by Crippen LogP contribution is 2.20. The molecule has 0 unspecified atom stereocenters. The lowest BCUT2D eigenvalue weighted by atomic mass is 10.1. The Morgan fingerprint density at radius 1 is 1.07 bits per heavy atom. The summed E-state index contributed by atoms with van der Waals surface area (Å²) in [6.45, 7) is 9.66. The summed E-state index contributed by atoms with van der Waals surface area (Å²) < 4.78 is 15.2. The molecule has 0 aliphatic heterocycles. The molecule has 2 rings (SSSR count). The molecule has 0 atom stereocenters. The van der Waals surface area contributed by atoms with Gasteiger partial charge < -0.3 is 24.8 Å². The van der Waals surface area contributed by atoms with E-state index in [0.717, 1.165) is 0 Å². The Labute approximate surface area is 163 Å². The topological polar surface area (TPSA) is 133 Å². The molecular weight excluding hydrogens is 366 g/mol. The summed E-state index contributed by atoms with van der Waals surface area (Å²) >= 11 is 0. The number of methoxy groups -OCH3 is 1. The minimum Gasteiger partial charge on any atom is -0.466 e. The van der Waals surface area contributed by atoms with Gasteiger partial charge in [-0.05, 0) is 34.6 Å². The van der Waals surface area contributed by atoms with Crippen LogP contribution >= 0.6 is 0 Å². The summed E-state index contributed by atoms with van der Waals surface area (Å²) in [5.41, 5.74) is -0.244. The van der Waals surface area contributed by atoms with Gasteiger partial charge in [-0.2, -0.15) is 15.0 Å². The standard InChI is InChI=1S/C17H25N7O4/c1-10(2)18-14-19-15(22-17(3,4)5)21-16(20-14)28-12-8-7-11(23-24-12)27-9-13(25)26-6/h7-8,10H,9H2,1-6H3,(H2,18,19,20,21,22). The number of esters is 1. The molecule has 0 radical (unpaired) electrons. The van der Waals surface area contributed by atoms with E-state index in [2.05, 4.69) is 40.5 Å². The molecule has 0 aromatic carbocycles. The molecule has 28 heavy (non-hydrogen) atoms. The van der Waals surface area contributed by atoms with Crippen molar-refractivity contribution in [2.45, 2.75) is 46.2 Å². The van der Waals surface area contributed by atoms with E-state index in [9.17, 15) is 4.79 Å². The first-order valence-electron chi connectivity index (χ1n) is 8.66. The third-order valence-electron chi connectivity index (χ3n) is 2.90. The van der Waals surface area contributed by atoms with Gasteiger partial charge in [0.25, 0.3) is 0 Å². The van der Waals surface area contributed by atoms with Crippen molar-refractivity contribution < 1.29 is 19.0 Å². The van der Waals surface area contributed by atoms with Crippen molar-refractivity contribution in [3.05, 3.63) is 12.1 Å².